The fraction of sp³-hybridized carbons (Fsp3) is 0.406. The van der Waals surface area contributed by atoms with E-state index >= 15 is 0 Å². The van der Waals surface area contributed by atoms with Crippen molar-refractivity contribution in [2.24, 2.45) is 16.8 Å². The number of carbonyl (C=O) groups excluding carboxylic acids is 2. The summed E-state index contributed by atoms with van der Waals surface area (Å²) < 4.78 is 0. The molecule has 4 rings (SSSR count). The van der Waals surface area contributed by atoms with Crippen molar-refractivity contribution in [3.63, 3.8) is 0 Å². The number of carbonyl (C=O) groups is 2. The Kier molecular flexibility index (Phi) is 10.1. The second-order valence-electron chi connectivity index (χ2n) is 10.7. The summed E-state index contributed by atoms with van der Waals surface area (Å²) >= 11 is 0. The van der Waals surface area contributed by atoms with Crippen LogP contribution in [0.1, 0.15) is 37.8 Å². The maximum Gasteiger partial charge on any atom is 0.324 e. The maximum absolute atomic E-state index is 14.0. The Morgan fingerprint density at radius 1 is 1.12 bits per heavy atom. The van der Waals surface area contributed by atoms with Gasteiger partial charge in [-0.25, -0.2) is 4.79 Å². The topological polar surface area (TPSA) is 100 Å². The first-order valence-corrected chi connectivity index (χ1v) is 14.1. The van der Waals surface area contributed by atoms with Gasteiger partial charge in [0.25, 0.3) is 0 Å². The number of benzene rings is 2. The molecule has 2 aromatic carbocycles. The molecule has 3 N–H and O–H groups in total. The van der Waals surface area contributed by atoms with Crippen molar-refractivity contribution in [1.82, 2.24) is 15.1 Å². The van der Waals surface area contributed by atoms with Gasteiger partial charge in [0, 0.05) is 32.1 Å². The quantitative estimate of drug-likeness (QED) is 0.441. The van der Waals surface area contributed by atoms with Crippen LogP contribution in [0.15, 0.2) is 89.7 Å². The summed E-state index contributed by atoms with van der Waals surface area (Å²) in [4.78, 5) is 37.2. The predicted octanol–water partition coefficient (Wildman–Crippen LogP) is 4.28. The molecule has 8 nitrogen and oxygen atoms in total. The van der Waals surface area contributed by atoms with Crippen LogP contribution in [0.2, 0.25) is 0 Å². The highest BCUT2D eigenvalue weighted by molar-refractivity contribution is 5.98. The van der Waals surface area contributed by atoms with Gasteiger partial charge in [-0.05, 0) is 29.5 Å². The molecule has 2 aliphatic rings. The van der Waals surface area contributed by atoms with E-state index in [0.29, 0.717) is 25.8 Å². The minimum absolute atomic E-state index is 0.0908. The van der Waals surface area contributed by atoms with Gasteiger partial charge in [-0.3, -0.25) is 9.69 Å². The number of likely N-dealkylation sites (N-methyl/N-ethyl adjacent to an activating group) is 1. The largest absolute Gasteiger partial charge is 0.390 e. The van der Waals surface area contributed by atoms with E-state index in [1.54, 1.807) is 0 Å². The van der Waals surface area contributed by atoms with E-state index in [4.69, 9.17) is 10.6 Å². The Morgan fingerprint density at radius 3 is 2.45 bits per heavy atom. The zero-order valence-corrected chi connectivity index (χ0v) is 23.7. The molecule has 2 unspecified atom stereocenters. The first-order valence-electron chi connectivity index (χ1n) is 14.1. The van der Waals surface area contributed by atoms with Crippen LogP contribution in [0.5, 0.6) is 0 Å². The fourth-order valence-corrected chi connectivity index (χ4v) is 5.00. The van der Waals surface area contributed by atoms with E-state index in [1.807, 2.05) is 87.7 Å². The van der Waals surface area contributed by atoms with Gasteiger partial charge >= 0.3 is 6.03 Å². The number of hydrogen-bond donors (Lipinski definition) is 2. The maximum atomic E-state index is 14.0. The van der Waals surface area contributed by atoms with Gasteiger partial charge < -0.3 is 20.8 Å². The fourth-order valence-electron chi connectivity index (χ4n) is 5.00. The molecule has 0 aromatic heterocycles. The summed E-state index contributed by atoms with van der Waals surface area (Å²) in [5.41, 5.74) is 10.4. The number of allylic oxidation sites excluding steroid dienone is 2. The third-order valence-corrected chi connectivity index (χ3v) is 7.77. The zero-order chi connectivity index (χ0) is 28.5. The predicted molar refractivity (Wildman–Crippen MR) is 159 cm³/mol. The summed E-state index contributed by atoms with van der Waals surface area (Å²) in [5.74, 6) is -0.495. The number of oxime groups is 1. The summed E-state index contributed by atoms with van der Waals surface area (Å²) in [6, 6.07) is 18.0. The Labute approximate surface area is 237 Å². The first kappa shape index (κ1) is 29.1. The van der Waals surface area contributed by atoms with Crippen LogP contribution in [0.3, 0.4) is 0 Å². The minimum atomic E-state index is -0.820. The lowest BCUT2D eigenvalue weighted by atomic mass is 9.93. The van der Waals surface area contributed by atoms with Crippen LogP contribution in [0.4, 0.5) is 4.79 Å². The van der Waals surface area contributed by atoms with E-state index < -0.39 is 30.1 Å². The van der Waals surface area contributed by atoms with Crippen molar-refractivity contribution in [3.8, 4) is 0 Å². The number of nitrogens with one attached hydrogen (secondary N) is 1. The van der Waals surface area contributed by atoms with Gasteiger partial charge in [0.1, 0.15) is 0 Å². The average molecular weight is 544 g/mol. The smallest absolute Gasteiger partial charge is 0.324 e. The molecule has 0 bridgehead atoms. The number of imide groups is 1. The van der Waals surface area contributed by atoms with Gasteiger partial charge in [0.2, 0.25) is 5.91 Å². The molecule has 0 radical (unpaired) electrons. The third-order valence-electron chi connectivity index (χ3n) is 7.77. The zero-order valence-electron chi connectivity index (χ0n) is 23.7. The van der Waals surface area contributed by atoms with Crippen molar-refractivity contribution in [3.05, 3.63) is 95.7 Å². The summed E-state index contributed by atoms with van der Waals surface area (Å²) in [7, 11) is 1.97. The average Bonchev–Trinajstić information content (AvgIpc) is 3.44. The van der Waals surface area contributed by atoms with Crippen LogP contribution in [-0.4, -0.2) is 65.8 Å². The highest BCUT2D eigenvalue weighted by atomic mass is 16.6. The van der Waals surface area contributed by atoms with Gasteiger partial charge in [-0.1, -0.05) is 98.2 Å². The lowest BCUT2D eigenvalue weighted by Crippen LogP contribution is -2.60. The van der Waals surface area contributed by atoms with E-state index in [1.165, 1.54) is 4.90 Å². The van der Waals surface area contributed by atoms with Crippen LogP contribution in [0.25, 0.3) is 0 Å². The van der Waals surface area contributed by atoms with E-state index in [0.717, 1.165) is 35.5 Å². The van der Waals surface area contributed by atoms with Crippen LogP contribution in [-0.2, 0) is 22.5 Å². The van der Waals surface area contributed by atoms with Gasteiger partial charge in [0.15, 0.2) is 6.10 Å². The van der Waals surface area contributed by atoms with Crippen molar-refractivity contribution in [2.45, 2.75) is 57.7 Å². The molecule has 212 valence electrons. The van der Waals surface area contributed by atoms with Crippen molar-refractivity contribution >= 4 is 17.6 Å². The molecule has 4 atom stereocenters. The Hall–Kier alpha value is -3.91. The van der Waals surface area contributed by atoms with Gasteiger partial charge in [0.05, 0.1) is 24.3 Å². The Morgan fingerprint density at radius 2 is 1.80 bits per heavy atom. The molecule has 0 saturated carbocycles. The summed E-state index contributed by atoms with van der Waals surface area (Å²) in [6.07, 6.45) is 7.81. The van der Waals surface area contributed by atoms with E-state index in [9.17, 15) is 9.59 Å². The Bertz CT molecular complexity index is 1230. The molecule has 2 aromatic rings. The number of nitrogens with zero attached hydrogens (tertiary/aromatic N) is 3. The molecule has 8 heteroatoms. The monoisotopic (exact) mass is 543 g/mol. The molecule has 3 amide bonds. The SMILES string of the molecule is CC[C@H](C)[C@H](N)C(=O)N(C(=O)NCC1=CC=CCN1C)C(Cc1ccccc1)C1CC(Cc2ccccc2)=NO1. The number of amides is 3. The minimum Gasteiger partial charge on any atom is -0.390 e. The second kappa shape index (κ2) is 13.9. The Balaban J connectivity index is 1.61. The van der Waals surface area contributed by atoms with Gasteiger partial charge in [-0.15, -0.1) is 0 Å². The molecule has 0 saturated heterocycles. The summed E-state index contributed by atoms with van der Waals surface area (Å²) in [5, 5.41) is 7.38. The molecule has 0 spiro atoms. The van der Waals surface area contributed by atoms with Crippen LogP contribution >= 0.6 is 0 Å². The number of nitrogens with two attached hydrogens (primary N) is 1. The summed E-state index contributed by atoms with van der Waals surface area (Å²) in [6.45, 7) is 4.98. The van der Waals surface area contributed by atoms with Crippen LogP contribution in [0, 0.1) is 5.92 Å². The molecule has 40 heavy (non-hydrogen) atoms. The lowest BCUT2D eigenvalue weighted by molar-refractivity contribution is -0.135. The molecule has 0 aliphatic carbocycles. The van der Waals surface area contributed by atoms with Crippen molar-refractivity contribution < 1.29 is 14.4 Å². The van der Waals surface area contributed by atoms with Crippen LogP contribution < -0.4 is 11.1 Å². The van der Waals surface area contributed by atoms with Crippen molar-refractivity contribution in [2.75, 3.05) is 20.1 Å². The molecular formula is C32H41N5O3. The highest BCUT2D eigenvalue weighted by Gasteiger charge is 2.42. The van der Waals surface area contributed by atoms with E-state index in [2.05, 4.69) is 27.5 Å². The molecule has 2 heterocycles. The molecule has 2 aliphatic heterocycles. The highest BCUT2D eigenvalue weighted by Crippen LogP contribution is 2.25. The van der Waals surface area contributed by atoms with E-state index in [-0.39, 0.29) is 5.92 Å². The van der Waals surface area contributed by atoms with Gasteiger partial charge in [-0.2, -0.15) is 0 Å². The first-order chi connectivity index (χ1) is 19.4. The molecular weight excluding hydrogens is 502 g/mol. The number of urea groups is 1. The number of rotatable bonds is 11. The molecule has 0 fully saturated rings. The van der Waals surface area contributed by atoms with Crippen molar-refractivity contribution in [1.29, 1.82) is 0 Å². The standard InChI is InChI=1S/C32H41N5O3/c1-4-23(2)30(33)31(38)37(32(39)34-22-27-17-11-12-18-36(27)3)28(20-25-15-9-6-10-16-25)29-21-26(35-40-29)19-24-13-7-5-8-14-24/h5-17,23,28-30H,4,18-22,33H2,1-3H3,(H,34,39)/t23-,28?,29?,30-/m0/s1. The third kappa shape index (κ3) is 7.39. The lowest BCUT2D eigenvalue weighted by Gasteiger charge is -2.36. The second-order valence-corrected chi connectivity index (χ2v) is 10.7. The number of hydrogen-bond acceptors (Lipinski definition) is 6. The normalized spacial score (nSPS) is 18.7.